The van der Waals surface area contributed by atoms with Gasteiger partial charge >= 0.3 is 11.9 Å². The molecule has 1 heterocycles. The van der Waals surface area contributed by atoms with Gasteiger partial charge in [0.2, 0.25) is 5.91 Å². The summed E-state index contributed by atoms with van der Waals surface area (Å²) in [4.78, 5) is 29.6. The van der Waals surface area contributed by atoms with Crippen LogP contribution in [-0.2, 0) is 14.4 Å². The molecule has 1 fully saturated rings. The number of amides is 1. The third-order valence-corrected chi connectivity index (χ3v) is 1.99. The smallest absolute Gasteiger partial charge is 0.328 e. The molecule has 0 spiro atoms. The summed E-state index contributed by atoms with van der Waals surface area (Å²) >= 11 is 5.51. The molecule has 0 radical (unpaired) electrons. The number of rotatable bonds is 2. The van der Waals surface area contributed by atoms with Crippen molar-refractivity contribution in [2.75, 3.05) is 0 Å². The number of nitrogens with one attached hydrogen (secondary N) is 1. The van der Waals surface area contributed by atoms with Crippen LogP contribution in [0.4, 0.5) is 0 Å². The van der Waals surface area contributed by atoms with Gasteiger partial charge in [-0.3, -0.25) is 9.59 Å². The lowest BCUT2D eigenvalue weighted by atomic mass is 10.1. The molecule has 6 nitrogen and oxygen atoms in total. The fourth-order valence-electron chi connectivity index (χ4n) is 0.508. The average molecular weight is 333 g/mol. The molecule has 0 aromatic heterocycles. The highest BCUT2D eigenvalue weighted by Crippen LogP contribution is 2.05. The molecular formula is C6H7Br2NO5. The third kappa shape index (κ3) is 5.18. The number of halogens is 2. The second-order valence-electron chi connectivity index (χ2n) is 2.30. The Morgan fingerprint density at radius 2 is 1.79 bits per heavy atom. The van der Waals surface area contributed by atoms with Crippen LogP contribution in [0.1, 0.15) is 6.42 Å². The van der Waals surface area contributed by atoms with Crippen molar-refractivity contribution in [3.8, 4) is 0 Å². The maximum atomic E-state index is 10.0. The summed E-state index contributed by atoms with van der Waals surface area (Å²) in [7, 11) is 0. The largest absolute Gasteiger partial charge is 0.480 e. The first-order valence-electron chi connectivity index (χ1n) is 3.37. The predicted molar refractivity (Wildman–Crippen MR) is 53.5 cm³/mol. The van der Waals surface area contributed by atoms with Gasteiger partial charge in [0.05, 0.1) is 6.42 Å². The van der Waals surface area contributed by atoms with Crippen molar-refractivity contribution in [1.29, 1.82) is 0 Å². The quantitative estimate of drug-likeness (QED) is 0.493. The van der Waals surface area contributed by atoms with Crippen molar-refractivity contribution >= 4 is 49.7 Å². The number of carboxylic acids is 2. The van der Waals surface area contributed by atoms with E-state index in [4.69, 9.17) is 10.2 Å². The van der Waals surface area contributed by atoms with Crippen LogP contribution in [0.2, 0.25) is 0 Å². The van der Waals surface area contributed by atoms with E-state index in [-0.39, 0.29) is 12.3 Å². The van der Waals surface area contributed by atoms with Crippen LogP contribution < -0.4 is 5.32 Å². The zero-order valence-corrected chi connectivity index (χ0v) is 9.91. The Kier molecular flexibility index (Phi) is 5.70. The number of carbonyl (C=O) groups excluding carboxylic acids is 1. The SMILES string of the molecule is O=C(O)C(Br)Br.O=C1C[C@@H](C(=O)O)N1. The molecule has 1 saturated heterocycles. The summed E-state index contributed by atoms with van der Waals surface area (Å²) in [5.74, 6) is -2.04. The lowest BCUT2D eigenvalue weighted by Gasteiger charge is -2.21. The standard InChI is InChI=1S/C4H5NO3.C2H2Br2O2/c6-3-1-2(5-3)4(7)8;3-1(4)2(5)6/h2H,1H2,(H,5,6)(H,7,8);1H,(H,5,6)/t2-;/m0./s1. The van der Waals surface area contributed by atoms with E-state index >= 15 is 0 Å². The summed E-state index contributed by atoms with van der Waals surface area (Å²) in [6.45, 7) is 0. The van der Waals surface area contributed by atoms with Crippen LogP contribution in [0.5, 0.6) is 0 Å². The summed E-state index contributed by atoms with van der Waals surface area (Å²) < 4.78 is -0.606. The number of hydrogen-bond donors (Lipinski definition) is 3. The van der Waals surface area contributed by atoms with Crippen LogP contribution in [0, 0.1) is 0 Å². The van der Waals surface area contributed by atoms with Crippen molar-refractivity contribution in [1.82, 2.24) is 5.32 Å². The minimum absolute atomic E-state index is 0.134. The number of hydrogen-bond acceptors (Lipinski definition) is 3. The van der Waals surface area contributed by atoms with Gasteiger partial charge in [-0.2, -0.15) is 0 Å². The van der Waals surface area contributed by atoms with Gasteiger partial charge in [0.1, 0.15) is 6.04 Å². The Morgan fingerprint density at radius 1 is 1.43 bits per heavy atom. The van der Waals surface area contributed by atoms with Crippen molar-refractivity contribution in [2.45, 2.75) is 16.2 Å². The van der Waals surface area contributed by atoms with Crippen molar-refractivity contribution in [3.63, 3.8) is 0 Å². The molecule has 1 aliphatic rings. The minimum Gasteiger partial charge on any atom is -0.480 e. The van der Waals surface area contributed by atoms with E-state index < -0.39 is 21.7 Å². The van der Waals surface area contributed by atoms with Crippen LogP contribution in [-0.4, -0.2) is 37.8 Å². The number of β-lactam (4-membered cyclic amide) rings is 1. The number of carbonyl (C=O) groups is 3. The average Bonchev–Trinajstić information content (AvgIpc) is 1.99. The molecule has 1 rings (SSSR count). The number of carboxylic acid groups (broad SMARTS) is 2. The molecule has 1 aliphatic heterocycles. The molecule has 0 saturated carbocycles. The number of alkyl halides is 2. The second kappa shape index (κ2) is 5.97. The topological polar surface area (TPSA) is 104 Å². The molecular weight excluding hydrogens is 326 g/mol. The first kappa shape index (κ1) is 13.4. The van der Waals surface area contributed by atoms with Gasteiger partial charge in [-0.25, -0.2) is 4.79 Å². The maximum Gasteiger partial charge on any atom is 0.328 e. The van der Waals surface area contributed by atoms with Gasteiger partial charge in [0, 0.05) is 0 Å². The highest BCUT2D eigenvalue weighted by Gasteiger charge is 2.31. The Bertz CT molecular complexity index is 247. The van der Waals surface area contributed by atoms with Gasteiger partial charge in [-0.15, -0.1) is 0 Å². The predicted octanol–water partition coefficient (Wildman–Crippen LogP) is 0.146. The summed E-state index contributed by atoms with van der Waals surface area (Å²) in [5.41, 5.74) is 0. The molecule has 8 heteroatoms. The summed E-state index contributed by atoms with van der Waals surface area (Å²) in [6, 6.07) is -0.623. The van der Waals surface area contributed by atoms with Crippen LogP contribution in [0.25, 0.3) is 0 Å². The summed E-state index contributed by atoms with van der Waals surface area (Å²) in [5, 5.41) is 18.2. The van der Waals surface area contributed by atoms with Gasteiger partial charge < -0.3 is 15.5 Å². The highest BCUT2D eigenvalue weighted by molar-refractivity contribution is 9.25. The van der Waals surface area contributed by atoms with Crippen molar-refractivity contribution in [2.24, 2.45) is 0 Å². The van der Waals surface area contributed by atoms with E-state index in [1.807, 2.05) is 0 Å². The Labute approximate surface area is 95.9 Å². The van der Waals surface area contributed by atoms with Crippen molar-refractivity contribution < 1.29 is 24.6 Å². The molecule has 0 aromatic carbocycles. The molecule has 1 amide bonds. The highest BCUT2D eigenvalue weighted by atomic mass is 79.9. The van der Waals surface area contributed by atoms with E-state index in [0.29, 0.717) is 0 Å². The van der Waals surface area contributed by atoms with E-state index in [1.54, 1.807) is 0 Å². The molecule has 14 heavy (non-hydrogen) atoms. The summed E-state index contributed by atoms with van der Waals surface area (Å²) in [6.07, 6.45) is 0.134. The Balaban J connectivity index is 0.000000255. The van der Waals surface area contributed by atoms with Gasteiger partial charge in [-0.1, -0.05) is 31.9 Å². The maximum absolute atomic E-state index is 10.0. The third-order valence-electron chi connectivity index (χ3n) is 1.21. The first-order chi connectivity index (χ1) is 6.34. The normalized spacial score (nSPS) is 18.8. The van der Waals surface area contributed by atoms with E-state index in [9.17, 15) is 14.4 Å². The molecule has 0 unspecified atom stereocenters. The Morgan fingerprint density at radius 3 is 1.86 bits per heavy atom. The number of aliphatic carboxylic acids is 2. The van der Waals surface area contributed by atoms with E-state index in [2.05, 4.69) is 37.2 Å². The lowest BCUT2D eigenvalue weighted by Crippen LogP contribution is -2.53. The van der Waals surface area contributed by atoms with Gasteiger partial charge in [0.25, 0.3) is 0 Å². The monoisotopic (exact) mass is 331 g/mol. The fourth-order valence-corrected chi connectivity index (χ4v) is 0.508. The first-order valence-corrected chi connectivity index (χ1v) is 5.21. The molecule has 0 aliphatic carbocycles. The van der Waals surface area contributed by atoms with Crippen LogP contribution in [0.3, 0.4) is 0 Å². The second-order valence-corrected chi connectivity index (χ2v) is 5.36. The zero-order chi connectivity index (χ0) is 11.3. The zero-order valence-electron chi connectivity index (χ0n) is 6.74. The molecule has 80 valence electrons. The van der Waals surface area contributed by atoms with E-state index in [1.165, 1.54) is 0 Å². The van der Waals surface area contributed by atoms with Gasteiger partial charge in [0.15, 0.2) is 3.74 Å². The fraction of sp³-hybridized carbons (Fsp3) is 0.500. The minimum atomic E-state index is -0.954. The molecule has 0 bridgehead atoms. The van der Waals surface area contributed by atoms with Crippen molar-refractivity contribution in [3.05, 3.63) is 0 Å². The molecule has 3 N–H and O–H groups in total. The molecule has 1 atom stereocenters. The van der Waals surface area contributed by atoms with Gasteiger partial charge in [-0.05, 0) is 0 Å². The van der Waals surface area contributed by atoms with E-state index in [0.717, 1.165) is 0 Å². The van der Waals surface area contributed by atoms with Crippen LogP contribution >= 0.6 is 31.9 Å². The molecule has 0 aromatic rings. The van der Waals surface area contributed by atoms with Crippen LogP contribution in [0.15, 0.2) is 0 Å². The Hall–Kier alpha value is -0.630. The lowest BCUT2D eigenvalue weighted by molar-refractivity contribution is -0.147.